The molecule has 1 aromatic heterocycles. The maximum Gasteiger partial charge on any atom is 0.274 e. The summed E-state index contributed by atoms with van der Waals surface area (Å²) in [7, 11) is 1.65. The number of aryl methyl sites for hydroxylation is 1. The van der Waals surface area contributed by atoms with Crippen LogP contribution in [0.3, 0.4) is 0 Å². The number of aromatic nitrogens is 2. The van der Waals surface area contributed by atoms with E-state index in [4.69, 9.17) is 4.74 Å². The first-order valence-electron chi connectivity index (χ1n) is 9.14. The van der Waals surface area contributed by atoms with E-state index in [9.17, 15) is 9.59 Å². The molecule has 1 atom stereocenters. The van der Waals surface area contributed by atoms with Gasteiger partial charge in [0.2, 0.25) is 5.91 Å². The van der Waals surface area contributed by atoms with Crippen LogP contribution in [0.1, 0.15) is 47.9 Å². The first kappa shape index (κ1) is 17.9. The summed E-state index contributed by atoms with van der Waals surface area (Å²) >= 11 is 0. The van der Waals surface area contributed by atoms with Gasteiger partial charge in [0, 0.05) is 44.5 Å². The Labute approximate surface area is 148 Å². The molecule has 1 aromatic rings. The topological polar surface area (TPSA) is 78.5 Å². The van der Waals surface area contributed by atoms with Gasteiger partial charge in [-0.05, 0) is 32.6 Å². The van der Waals surface area contributed by atoms with Crippen LogP contribution in [0.4, 0.5) is 0 Å². The summed E-state index contributed by atoms with van der Waals surface area (Å²) in [6.07, 6.45) is 3.41. The Balaban J connectivity index is 1.72. The summed E-state index contributed by atoms with van der Waals surface area (Å²) in [5, 5.41) is 7.16. The average molecular weight is 348 g/mol. The third-order valence-corrected chi connectivity index (χ3v) is 5.70. The van der Waals surface area contributed by atoms with E-state index in [1.165, 1.54) is 0 Å². The number of ether oxygens (including phenoxy) is 1. The Morgan fingerprint density at radius 2 is 2.16 bits per heavy atom. The van der Waals surface area contributed by atoms with E-state index in [1.807, 2.05) is 18.7 Å². The third-order valence-electron chi connectivity index (χ3n) is 5.70. The van der Waals surface area contributed by atoms with Crippen molar-refractivity contribution in [2.75, 3.05) is 39.9 Å². The smallest absolute Gasteiger partial charge is 0.274 e. The van der Waals surface area contributed by atoms with Gasteiger partial charge in [0.15, 0.2) is 5.69 Å². The number of hydrogen-bond donors (Lipinski definition) is 1. The molecule has 0 aliphatic carbocycles. The van der Waals surface area contributed by atoms with Crippen LogP contribution in [0.15, 0.2) is 0 Å². The number of piperidine rings is 1. The molecule has 7 nitrogen and oxygen atoms in total. The number of aromatic amines is 1. The molecule has 25 heavy (non-hydrogen) atoms. The van der Waals surface area contributed by atoms with Gasteiger partial charge in [-0.15, -0.1) is 0 Å². The van der Waals surface area contributed by atoms with Crippen LogP contribution < -0.4 is 0 Å². The zero-order valence-electron chi connectivity index (χ0n) is 15.4. The Morgan fingerprint density at radius 1 is 1.36 bits per heavy atom. The van der Waals surface area contributed by atoms with Crippen molar-refractivity contribution in [2.24, 2.45) is 5.41 Å². The number of likely N-dealkylation sites (tertiary alicyclic amines) is 2. The van der Waals surface area contributed by atoms with Crippen LogP contribution >= 0.6 is 0 Å². The highest BCUT2D eigenvalue weighted by atomic mass is 16.5. The molecule has 3 heterocycles. The molecule has 0 bridgehead atoms. The molecular formula is C18H28N4O3. The van der Waals surface area contributed by atoms with Crippen molar-refractivity contribution in [3.05, 3.63) is 17.0 Å². The lowest BCUT2D eigenvalue weighted by Crippen LogP contribution is -2.51. The van der Waals surface area contributed by atoms with Crippen molar-refractivity contribution in [2.45, 2.75) is 39.5 Å². The molecule has 7 heteroatoms. The maximum absolute atomic E-state index is 13.0. The summed E-state index contributed by atoms with van der Waals surface area (Å²) in [4.78, 5) is 29.6. The zero-order chi connectivity index (χ0) is 18.0. The SMILES string of the molecule is CCc1[nH]nc(C(=O)N2CC[C@]3(CCCN(CCOC)C3=O)C2)c1C. The number of nitrogens with zero attached hydrogens (tertiary/aromatic N) is 3. The van der Waals surface area contributed by atoms with Crippen LogP contribution in [0, 0.1) is 12.3 Å². The van der Waals surface area contributed by atoms with E-state index in [-0.39, 0.29) is 11.8 Å². The van der Waals surface area contributed by atoms with E-state index in [0.29, 0.717) is 31.9 Å². The fourth-order valence-corrected chi connectivity index (χ4v) is 4.13. The van der Waals surface area contributed by atoms with E-state index >= 15 is 0 Å². The van der Waals surface area contributed by atoms with Crippen molar-refractivity contribution in [1.29, 1.82) is 0 Å². The number of H-pyrrole nitrogens is 1. The standard InChI is InChI=1S/C18H28N4O3/c1-4-14-13(2)15(20-19-14)16(23)22-9-7-18(12-22)6-5-8-21(17(18)24)10-11-25-3/h4-12H2,1-3H3,(H,19,20)/t18-/m1/s1. The second-order valence-corrected chi connectivity index (χ2v) is 7.17. The lowest BCUT2D eigenvalue weighted by Gasteiger charge is -2.39. The van der Waals surface area contributed by atoms with Crippen molar-refractivity contribution in [3.8, 4) is 0 Å². The number of hydrogen-bond acceptors (Lipinski definition) is 4. The molecule has 2 aliphatic rings. The van der Waals surface area contributed by atoms with Gasteiger partial charge in [0.05, 0.1) is 12.0 Å². The molecule has 0 unspecified atom stereocenters. The Kier molecular flexibility index (Phi) is 5.13. The molecule has 2 fully saturated rings. The Bertz CT molecular complexity index is 657. The predicted molar refractivity (Wildman–Crippen MR) is 93.3 cm³/mol. The fraction of sp³-hybridized carbons (Fsp3) is 0.722. The molecule has 0 saturated carbocycles. The number of rotatable bonds is 5. The molecule has 2 saturated heterocycles. The maximum atomic E-state index is 13.0. The second-order valence-electron chi connectivity index (χ2n) is 7.17. The predicted octanol–water partition coefficient (Wildman–Crippen LogP) is 1.38. The quantitative estimate of drug-likeness (QED) is 0.872. The number of methoxy groups -OCH3 is 1. The second kappa shape index (κ2) is 7.15. The highest BCUT2D eigenvalue weighted by Gasteiger charge is 2.49. The number of amides is 2. The van der Waals surface area contributed by atoms with Crippen molar-refractivity contribution >= 4 is 11.8 Å². The lowest BCUT2D eigenvalue weighted by atomic mass is 9.78. The average Bonchev–Trinajstić information content (AvgIpc) is 3.20. The monoisotopic (exact) mass is 348 g/mol. The van der Waals surface area contributed by atoms with Gasteiger partial charge in [0.25, 0.3) is 5.91 Å². The van der Waals surface area contributed by atoms with Crippen LogP contribution in [0.25, 0.3) is 0 Å². The van der Waals surface area contributed by atoms with Crippen molar-refractivity contribution in [3.63, 3.8) is 0 Å². The lowest BCUT2D eigenvalue weighted by molar-refractivity contribution is -0.146. The highest BCUT2D eigenvalue weighted by molar-refractivity contribution is 5.95. The number of carbonyl (C=O) groups excluding carboxylic acids is 2. The van der Waals surface area contributed by atoms with Crippen molar-refractivity contribution in [1.82, 2.24) is 20.0 Å². The largest absolute Gasteiger partial charge is 0.383 e. The van der Waals surface area contributed by atoms with E-state index in [1.54, 1.807) is 12.0 Å². The minimum atomic E-state index is -0.417. The van der Waals surface area contributed by atoms with Crippen molar-refractivity contribution < 1.29 is 14.3 Å². The summed E-state index contributed by atoms with van der Waals surface area (Å²) < 4.78 is 5.12. The van der Waals surface area contributed by atoms with Gasteiger partial charge in [-0.3, -0.25) is 14.7 Å². The number of carbonyl (C=O) groups is 2. The molecular weight excluding hydrogens is 320 g/mol. The van der Waals surface area contributed by atoms with Crippen LogP contribution in [-0.4, -0.2) is 71.7 Å². The zero-order valence-corrected chi connectivity index (χ0v) is 15.4. The minimum absolute atomic E-state index is 0.0628. The van der Waals surface area contributed by atoms with E-state index in [2.05, 4.69) is 10.2 Å². The molecule has 138 valence electrons. The summed E-state index contributed by atoms with van der Waals surface area (Å²) in [5.41, 5.74) is 2.00. The summed E-state index contributed by atoms with van der Waals surface area (Å²) in [6.45, 7) is 7.06. The number of nitrogens with one attached hydrogen (secondary N) is 1. The first-order chi connectivity index (χ1) is 12.0. The van der Waals surface area contributed by atoms with Gasteiger partial charge < -0.3 is 14.5 Å². The van der Waals surface area contributed by atoms with E-state index < -0.39 is 5.41 Å². The van der Waals surface area contributed by atoms with Gasteiger partial charge in [0.1, 0.15) is 0 Å². The van der Waals surface area contributed by atoms with Crippen LogP contribution in [-0.2, 0) is 16.0 Å². The van der Waals surface area contributed by atoms with Crippen LogP contribution in [0.5, 0.6) is 0 Å². The Hall–Kier alpha value is -1.89. The fourth-order valence-electron chi connectivity index (χ4n) is 4.13. The molecule has 1 spiro atoms. The molecule has 0 radical (unpaired) electrons. The molecule has 1 N–H and O–H groups in total. The molecule has 2 amide bonds. The highest BCUT2D eigenvalue weighted by Crippen LogP contribution is 2.40. The van der Waals surface area contributed by atoms with Gasteiger partial charge in [-0.1, -0.05) is 6.92 Å². The minimum Gasteiger partial charge on any atom is -0.383 e. The van der Waals surface area contributed by atoms with Gasteiger partial charge in [-0.25, -0.2) is 0 Å². The normalized spacial score (nSPS) is 23.7. The van der Waals surface area contributed by atoms with Gasteiger partial charge in [-0.2, -0.15) is 5.10 Å². The summed E-state index contributed by atoms with van der Waals surface area (Å²) in [5.74, 6) is 0.117. The Morgan fingerprint density at radius 3 is 2.84 bits per heavy atom. The summed E-state index contributed by atoms with van der Waals surface area (Å²) in [6, 6.07) is 0. The molecule has 0 aromatic carbocycles. The van der Waals surface area contributed by atoms with Gasteiger partial charge >= 0.3 is 0 Å². The first-order valence-corrected chi connectivity index (χ1v) is 9.14. The molecule has 3 rings (SSSR count). The van der Waals surface area contributed by atoms with E-state index in [0.717, 1.165) is 43.5 Å². The molecule has 2 aliphatic heterocycles. The van der Waals surface area contributed by atoms with Crippen LogP contribution in [0.2, 0.25) is 0 Å². The third kappa shape index (κ3) is 3.17.